The number of hydrogen-bond donors (Lipinski definition) is 2. The number of nitrogens with zero attached hydrogens (tertiary/aromatic N) is 1. The van der Waals surface area contributed by atoms with Crippen LogP contribution in [-0.4, -0.2) is 32.8 Å². The molecule has 0 aromatic carbocycles. The molecular formula is C14H21N3OS. The molecular weight excluding hydrogens is 258 g/mol. The highest BCUT2D eigenvalue weighted by Gasteiger charge is 2.04. The summed E-state index contributed by atoms with van der Waals surface area (Å²) >= 11 is 1.75. The van der Waals surface area contributed by atoms with Crippen LogP contribution in [0, 0.1) is 0 Å². The molecule has 104 valence electrons. The van der Waals surface area contributed by atoms with Gasteiger partial charge in [-0.05, 0) is 24.3 Å². The molecule has 5 heteroatoms. The third-order valence-corrected chi connectivity index (χ3v) is 3.91. The summed E-state index contributed by atoms with van der Waals surface area (Å²) in [5.74, 6) is 0.862. The number of ether oxygens (including phenoxy) is 1. The van der Waals surface area contributed by atoms with Crippen molar-refractivity contribution in [3.63, 3.8) is 0 Å². The lowest BCUT2D eigenvalue weighted by atomic mass is 10.1. The van der Waals surface area contributed by atoms with E-state index in [9.17, 15) is 0 Å². The molecule has 0 spiro atoms. The minimum absolute atomic E-state index is 0.765. The largest absolute Gasteiger partial charge is 0.377 e. The molecule has 1 aromatic heterocycles. The third-order valence-electron chi connectivity index (χ3n) is 3.03. The molecule has 0 atom stereocenters. The van der Waals surface area contributed by atoms with Crippen molar-refractivity contribution in [3.05, 3.63) is 34.0 Å². The summed E-state index contributed by atoms with van der Waals surface area (Å²) in [6.45, 7) is 3.36. The van der Waals surface area contributed by atoms with Crippen molar-refractivity contribution in [2.45, 2.75) is 19.4 Å². The molecule has 1 aromatic rings. The highest BCUT2D eigenvalue weighted by molar-refractivity contribution is 7.09. The van der Waals surface area contributed by atoms with Crippen LogP contribution in [0.2, 0.25) is 0 Å². The summed E-state index contributed by atoms with van der Waals surface area (Å²) in [7, 11) is 1.80. The molecule has 0 saturated carbocycles. The summed E-state index contributed by atoms with van der Waals surface area (Å²) in [5, 5.41) is 8.74. The molecule has 0 amide bonds. The van der Waals surface area contributed by atoms with E-state index in [2.05, 4.69) is 39.2 Å². The van der Waals surface area contributed by atoms with Gasteiger partial charge in [0.2, 0.25) is 0 Å². The topological polar surface area (TPSA) is 45.7 Å². The summed E-state index contributed by atoms with van der Waals surface area (Å²) < 4.78 is 5.30. The summed E-state index contributed by atoms with van der Waals surface area (Å²) in [5.41, 5.74) is 1.48. The van der Waals surface area contributed by atoms with Crippen molar-refractivity contribution < 1.29 is 4.74 Å². The Morgan fingerprint density at radius 2 is 2.42 bits per heavy atom. The van der Waals surface area contributed by atoms with Gasteiger partial charge in [-0.2, -0.15) is 0 Å². The van der Waals surface area contributed by atoms with Crippen molar-refractivity contribution in [2.75, 3.05) is 26.8 Å². The van der Waals surface area contributed by atoms with Gasteiger partial charge in [0.1, 0.15) is 0 Å². The van der Waals surface area contributed by atoms with Gasteiger partial charge in [-0.3, -0.25) is 4.99 Å². The van der Waals surface area contributed by atoms with Gasteiger partial charge in [0.05, 0.1) is 19.8 Å². The van der Waals surface area contributed by atoms with Crippen LogP contribution in [0.3, 0.4) is 0 Å². The minimum atomic E-state index is 0.765. The second-order valence-corrected chi connectivity index (χ2v) is 5.40. The molecule has 0 bridgehead atoms. The van der Waals surface area contributed by atoms with Crippen LogP contribution in [-0.2, 0) is 11.3 Å². The maximum Gasteiger partial charge on any atom is 0.191 e. The van der Waals surface area contributed by atoms with Crippen LogP contribution in [0.1, 0.15) is 17.7 Å². The zero-order valence-corrected chi connectivity index (χ0v) is 12.1. The van der Waals surface area contributed by atoms with Gasteiger partial charge in [0.25, 0.3) is 0 Å². The van der Waals surface area contributed by atoms with E-state index in [1.165, 1.54) is 10.5 Å². The van der Waals surface area contributed by atoms with Crippen molar-refractivity contribution in [2.24, 2.45) is 4.99 Å². The van der Waals surface area contributed by atoms with Gasteiger partial charge in [-0.1, -0.05) is 17.7 Å². The molecule has 0 aliphatic carbocycles. The molecule has 0 unspecified atom stereocenters. The number of nitrogens with one attached hydrogen (secondary N) is 2. The molecule has 19 heavy (non-hydrogen) atoms. The highest BCUT2D eigenvalue weighted by atomic mass is 32.1. The molecule has 1 aliphatic rings. The zero-order valence-electron chi connectivity index (χ0n) is 11.3. The van der Waals surface area contributed by atoms with E-state index in [-0.39, 0.29) is 0 Å². The number of guanidine groups is 1. The Morgan fingerprint density at radius 3 is 3.11 bits per heavy atom. The van der Waals surface area contributed by atoms with Crippen LogP contribution in [0.5, 0.6) is 0 Å². The fourth-order valence-electron chi connectivity index (χ4n) is 1.94. The molecule has 0 radical (unpaired) electrons. The second kappa shape index (κ2) is 7.96. The molecule has 2 N–H and O–H groups in total. The van der Waals surface area contributed by atoms with Crippen molar-refractivity contribution in [3.8, 4) is 0 Å². The van der Waals surface area contributed by atoms with Crippen molar-refractivity contribution in [1.29, 1.82) is 0 Å². The SMILES string of the molecule is CN=C(NCCC1=CCOCC1)NCc1cccs1. The third kappa shape index (κ3) is 5.04. The predicted molar refractivity (Wildman–Crippen MR) is 80.7 cm³/mol. The maximum absolute atomic E-state index is 5.30. The molecule has 4 nitrogen and oxygen atoms in total. The Kier molecular flexibility index (Phi) is 5.91. The summed E-state index contributed by atoms with van der Waals surface area (Å²) in [6, 6.07) is 4.19. The molecule has 0 fully saturated rings. The first-order valence-corrected chi connectivity index (χ1v) is 7.49. The lowest BCUT2D eigenvalue weighted by Crippen LogP contribution is -2.37. The fourth-order valence-corrected chi connectivity index (χ4v) is 2.58. The van der Waals surface area contributed by atoms with E-state index < -0.39 is 0 Å². The van der Waals surface area contributed by atoms with Gasteiger partial charge < -0.3 is 15.4 Å². The quantitative estimate of drug-likeness (QED) is 0.493. The highest BCUT2D eigenvalue weighted by Crippen LogP contribution is 2.10. The van der Waals surface area contributed by atoms with Crippen molar-refractivity contribution >= 4 is 17.3 Å². The maximum atomic E-state index is 5.30. The first kappa shape index (κ1) is 14.1. The first-order chi connectivity index (χ1) is 9.38. The monoisotopic (exact) mass is 279 g/mol. The molecule has 0 saturated heterocycles. The lowest BCUT2D eigenvalue weighted by molar-refractivity contribution is 0.153. The van der Waals surface area contributed by atoms with E-state index >= 15 is 0 Å². The number of rotatable bonds is 5. The van der Waals surface area contributed by atoms with Gasteiger partial charge in [0.15, 0.2) is 5.96 Å². The Morgan fingerprint density at radius 1 is 1.47 bits per heavy atom. The van der Waals surface area contributed by atoms with Crippen LogP contribution >= 0.6 is 11.3 Å². The average Bonchev–Trinajstić information content (AvgIpc) is 2.97. The fraction of sp³-hybridized carbons (Fsp3) is 0.500. The zero-order chi connectivity index (χ0) is 13.3. The van der Waals surface area contributed by atoms with E-state index in [1.807, 2.05) is 0 Å². The predicted octanol–water partition coefficient (Wildman–Crippen LogP) is 2.15. The van der Waals surface area contributed by atoms with E-state index in [4.69, 9.17) is 4.74 Å². The van der Waals surface area contributed by atoms with Crippen LogP contribution in [0.15, 0.2) is 34.2 Å². The molecule has 2 heterocycles. The Balaban J connectivity index is 1.66. The van der Waals surface area contributed by atoms with E-state index in [0.717, 1.165) is 45.1 Å². The normalized spacial score (nSPS) is 16.1. The standard InChI is InChI=1S/C14H21N3OS/c1-15-14(17-11-13-3-2-10-19-13)16-7-4-12-5-8-18-9-6-12/h2-3,5,10H,4,6-9,11H2,1H3,(H2,15,16,17). The summed E-state index contributed by atoms with van der Waals surface area (Å²) in [4.78, 5) is 5.54. The smallest absolute Gasteiger partial charge is 0.191 e. The number of hydrogen-bond acceptors (Lipinski definition) is 3. The van der Waals surface area contributed by atoms with Gasteiger partial charge in [0, 0.05) is 18.5 Å². The van der Waals surface area contributed by atoms with E-state index in [1.54, 1.807) is 18.4 Å². The first-order valence-electron chi connectivity index (χ1n) is 6.61. The average molecular weight is 279 g/mol. The number of thiophene rings is 1. The Hall–Kier alpha value is -1.33. The lowest BCUT2D eigenvalue weighted by Gasteiger charge is -2.15. The summed E-state index contributed by atoms with van der Waals surface area (Å²) in [6.07, 6.45) is 4.30. The Bertz CT molecular complexity index is 426. The Labute approximate surface area is 118 Å². The van der Waals surface area contributed by atoms with Crippen LogP contribution < -0.4 is 10.6 Å². The van der Waals surface area contributed by atoms with Gasteiger partial charge in [-0.25, -0.2) is 0 Å². The minimum Gasteiger partial charge on any atom is -0.377 e. The molecule has 2 rings (SSSR count). The van der Waals surface area contributed by atoms with Crippen LogP contribution in [0.4, 0.5) is 0 Å². The molecule has 1 aliphatic heterocycles. The van der Waals surface area contributed by atoms with Crippen LogP contribution in [0.25, 0.3) is 0 Å². The van der Waals surface area contributed by atoms with E-state index in [0.29, 0.717) is 0 Å². The second-order valence-electron chi connectivity index (χ2n) is 4.37. The van der Waals surface area contributed by atoms with Crippen molar-refractivity contribution in [1.82, 2.24) is 10.6 Å². The number of aliphatic imine (C=N–C) groups is 1. The van der Waals surface area contributed by atoms with Gasteiger partial charge >= 0.3 is 0 Å². The van der Waals surface area contributed by atoms with Gasteiger partial charge in [-0.15, -0.1) is 11.3 Å².